The van der Waals surface area contributed by atoms with Crippen LogP contribution in [-0.4, -0.2) is 14.0 Å². The predicted molar refractivity (Wildman–Crippen MR) is 78.9 cm³/mol. The van der Waals surface area contributed by atoms with Gasteiger partial charge in [-0.25, -0.2) is 4.98 Å². The lowest BCUT2D eigenvalue weighted by Gasteiger charge is -2.10. The van der Waals surface area contributed by atoms with E-state index in [1.165, 1.54) is 21.8 Å². The monoisotopic (exact) mass is 341 g/mol. The minimum absolute atomic E-state index is 0.203. The number of nitrogens with zero attached hydrogens (tertiary/aromatic N) is 3. The molecule has 0 amide bonds. The summed E-state index contributed by atoms with van der Waals surface area (Å²) >= 11 is 1.25. The van der Waals surface area contributed by atoms with E-state index >= 15 is 0 Å². The minimum Gasteiger partial charge on any atom is -0.309 e. The molecule has 3 aromatic rings. The number of aromatic nitrogens is 3. The molecule has 3 aromatic heterocycles. The van der Waals surface area contributed by atoms with E-state index in [0.717, 1.165) is 28.6 Å². The summed E-state index contributed by atoms with van der Waals surface area (Å²) in [6.07, 6.45) is -3.82. The van der Waals surface area contributed by atoms with Crippen molar-refractivity contribution in [2.45, 2.75) is 19.6 Å². The van der Waals surface area contributed by atoms with Crippen LogP contribution in [-0.2, 0) is 12.7 Å². The van der Waals surface area contributed by atoms with Crippen LogP contribution in [0.5, 0.6) is 0 Å². The lowest BCUT2D eigenvalue weighted by atomic mass is 10.2. The summed E-state index contributed by atoms with van der Waals surface area (Å²) in [6.45, 7) is 1.55. The maximum Gasteiger partial charge on any atom is 0.417 e. The van der Waals surface area contributed by atoms with Gasteiger partial charge >= 0.3 is 6.18 Å². The Kier molecular flexibility index (Phi) is 3.59. The Morgan fingerprint density at radius 2 is 1.96 bits per heavy atom. The maximum absolute atomic E-state index is 12.7. The largest absolute Gasteiger partial charge is 0.417 e. The molecule has 0 bridgehead atoms. The van der Waals surface area contributed by atoms with Crippen LogP contribution in [0.25, 0.3) is 4.96 Å². The van der Waals surface area contributed by atoms with Crippen molar-refractivity contribution in [2.24, 2.45) is 0 Å². The third kappa shape index (κ3) is 2.91. The van der Waals surface area contributed by atoms with Crippen molar-refractivity contribution in [1.82, 2.24) is 14.0 Å². The quantitative estimate of drug-likeness (QED) is 0.719. The fourth-order valence-corrected chi connectivity index (χ4v) is 3.07. The average Bonchev–Trinajstić information content (AvgIpc) is 2.82. The molecule has 120 valence electrons. The molecule has 0 radical (unpaired) electrons. The molecule has 0 aliphatic carbocycles. The van der Waals surface area contributed by atoms with Crippen LogP contribution < -0.4 is 11.1 Å². The first kappa shape index (κ1) is 15.5. The summed E-state index contributed by atoms with van der Waals surface area (Å²) in [4.78, 5) is 28.4. The van der Waals surface area contributed by atoms with Gasteiger partial charge in [0.2, 0.25) is 0 Å². The highest BCUT2D eigenvalue weighted by molar-refractivity contribution is 7.15. The lowest BCUT2D eigenvalue weighted by molar-refractivity contribution is -0.138. The summed E-state index contributed by atoms with van der Waals surface area (Å²) in [7, 11) is 0. The van der Waals surface area contributed by atoms with Crippen molar-refractivity contribution < 1.29 is 13.2 Å². The molecular weight excluding hydrogens is 331 g/mol. The van der Waals surface area contributed by atoms with Gasteiger partial charge in [0.05, 0.1) is 17.8 Å². The molecule has 0 saturated heterocycles. The number of halogens is 3. The Morgan fingerprint density at radius 3 is 2.65 bits per heavy atom. The van der Waals surface area contributed by atoms with E-state index in [4.69, 9.17) is 0 Å². The highest BCUT2D eigenvalue weighted by Crippen LogP contribution is 2.28. The molecule has 9 heteroatoms. The number of alkyl halides is 3. The number of pyridine rings is 1. The Balaban J connectivity index is 2.06. The summed E-state index contributed by atoms with van der Waals surface area (Å²) < 4.78 is 40.5. The van der Waals surface area contributed by atoms with Crippen molar-refractivity contribution in [3.8, 4) is 0 Å². The Labute approximate surface area is 131 Å². The van der Waals surface area contributed by atoms with E-state index in [1.54, 1.807) is 12.3 Å². The van der Waals surface area contributed by atoms with E-state index in [-0.39, 0.29) is 17.8 Å². The molecule has 23 heavy (non-hydrogen) atoms. The Bertz CT molecular complexity index is 1000. The first-order valence-electron chi connectivity index (χ1n) is 6.50. The Hall–Kier alpha value is -2.42. The summed E-state index contributed by atoms with van der Waals surface area (Å²) in [6, 6.07) is 2.80. The second-order valence-corrected chi connectivity index (χ2v) is 5.80. The summed E-state index contributed by atoms with van der Waals surface area (Å²) in [5, 5.41) is 1.75. The van der Waals surface area contributed by atoms with Crippen LogP contribution in [0.15, 0.2) is 39.4 Å². The standard InChI is InChI=1S/C14H10F3N3O2S/c1-8-7-23-13-18-10(4-12(22)20(8)13)6-19-5-9(14(15,16)17)2-3-11(19)21/h2-5,7H,6H2,1H3. The highest BCUT2D eigenvalue weighted by Gasteiger charge is 2.31. The van der Waals surface area contributed by atoms with E-state index in [2.05, 4.69) is 4.98 Å². The lowest BCUT2D eigenvalue weighted by Crippen LogP contribution is -2.24. The smallest absolute Gasteiger partial charge is 0.309 e. The van der Waals surface area contributed by atoms with Gasteiger partial charge in [0.1, 0.15) is 0 Å². The molecule has 5 nitrogen and oxygen atoms in total. The van der Waals surface area contributed by atoms with Crippen molar-refractivity contribution in [3.63, 3.8) is 0 Å². The summed E-state index contributed by atoms with van der Waals surface area (Å²) in [5.74, 6) is 0. The van der Waals surface area contributed by atoms with Gasteiger partial charge < -0.3 is 4.57 Å². The third-order valence-corrected chi connectivity index (χ3v) is 4.22. The number of hydrogen-bond acceptors (Lipinski definition) is 4. The van der Waals surface area contributed by atoms with Gasteiger partial charge in [0.15, 0.2) is 4.96 Å². The van der Waals surface area contributed by atoms with Gasteiger partial charge in [-0.1, -0.05) is 0 Å². The van der Waals surface area contributed by atoms with Gasteiger partial charge in [-0.3, -0.25) is 14.0 Å². The van der Waals surface area contributed by atoms with Crippen molar-refractivity contribution in [2.75, 3.05) is 0 Å². The zero-order chi connectivity index (χ0) is 16.8. The number of hydrogen-bond donors (Lipinski definition) is 0. The molecule has 0 saturated carbocycles. The maximum atomic E-state index is 12.7. The molecule has 0 spiro atoms. The molecule has 0 aliphatic heterocycles. The third-order valence-electron chi connectivity index (χ3n) is 3.27. The number of fused-ring (bicyclic) bond motifs is 1. The number of thiazole rings is 1. The molecule has 0 aliphatic rings. The second-order valence-electron chi connectivity index (χ2n) is 4.96. The van der Waals surface area contributed by atoms with E-state index in [9.17, 15) is 22.8 Å². The first-order chi connectivity index (χ1) is 10.8. The van der Waals surface area contributed by atoms with Gasteiger partial charge in [0, 0.05) is 29.4 Å². The van der Waals surface area contributed by atoms with Gasteiger partial charge in [-0.2, -0.15) is 13.2 Å². The molecule has 0 N–H and O–H groups in total. The normalized spacial score (nSPS) is 12.0. The molecule has 0 fully saturated rings. The zero-order valence-electron chi connectivity index (χ0n) is 11.8. The van der Waals surface area contributed by atoms with Crippen molar-refractivity contribution >= 4 is 16.3 Å². The van der Waals surface area contributed by atoms with Gasteiger partial charge in [-0.15, -0.1) is 11.3 Å². The summed E-state index contributed by atoms with van der Waals surface area (Å²) in [5.41, 5.74) is -0.892. The zero-order valence-corrected chi connectivity index (χ0v) is 12.6. The Morgan fingerprint density at radius 1 is 1.22 bits per heavy atom. The molecule has 3 heterocycles. The molecular formula is C14H10F3N3O2S. The van der Waals surface area contributed by atoms with Crippen LogP contribution in [0.2, 0.25) is 0 Å². The molecule has 0 unspecified atom stereocenters. The van der Waals surface area contributed by atoms with E-state index < -0.39 is 17.3 Å². The molecule has 0 aromatic carbocycles. The fourth-order valence-electron chi connectivity index (χ4n) is 2.18. The van der Waals surface area contributed by atoms with Crippen molar-refractivity contribution in [1.29, 1.82) is 0 Å². The fraction of sp³-hybridized carbons (Fsp3) is 0.214. The first-order valence-corrected chi connectivity index (χ1v) is 7.38. The van der Waals surface area contributed by atoms with E-state index in [0.29, 0.717) is 4.96 Å². The van der Waals surface area contributed by atoms with Crippen molar-refractivity contribution in [3.05, 3.63) is 67.4 Å². The molecule has 0 atom stereocenters. The topological polar surface area (TPSA) is 56.4 Å². The SMILES string of the molecule is Cc1csc2nc(Cn3cc(C(F)(F)F)ccc3=O)cc(=O)n12. The second kappa shape index (κ2) is 5.34. The van der Waals surface area contributed by atoms with Crippen LogP contribution in [0.1, 0.15) is 17.0 Å². The number of aryl methyl sites for hydroxylation is 1. The van der Waals surface area contributed by atoms with E-state index in [1.807, 2.05) is 0 Å². The van der Waals surface area contributed by atoms with Gasteiger partial charge in [-0.05, 0) is 13.0 Å². The van der Waals surface area contributed by atoms with Crippen LogP contribution in [0.4, 0.5) is 13.2 Å². The molecule has 3 rings (SSSR count). The van der Waals surface area contributed by atoms with Crippen LogP contribution >= 0.6 is 11.3 Å². The van der Waals surface area contributed by atoms with Crippen LogP contribution in [0.3, 0.4) is 0 Å². The van der Waals surface area contributed by atoms with Gasteiger partial charge in [0.25, 0.3) is 11.1 Å². The van der Waals surface area contributed by atoms with Crippen LogP contribution in [0, 0.1) is 6.92 Å². The minimum atomic E-state index is -4.54. The highest BCUT2D eigenvalue weighted by atomic mass is 32.1. The predicted octanol–water partition coefficient (Wildman–Crippen LogP) is 2.29. The number of rotatable bonds is 2. The average molecular weight is 341 g/mol.